The predicted molar refractivity (Wildman–Crippen MR) is 77.7 cm³/mol. The summed E-state index contributed by atoms with van der Waals surface area (Å²) in [6, 6.07) is 9.93. The van der Waals surface area contributed by atoms with Gasteiger partial charge in [0.25, 0.3) is 5.91 Å². The summed E-state index contributed by atoms with van der Waals surface area (Å²) in [5, 5.41) is 0. The number of para-hydroxylation sites is 1. The molecule has 0 N–H and O–H groups in total. The van der Waals surface area contributed by atoms with Crippen molar-refractivity contribution in [3.63, 3.8) is 0 Å². The average Bonchev–Trinajstić information content (AvgIpc) is 2.52. The molecule has 1 unspecified atom stereocenters. The first kappa shape index (κ1) is 15.0. The molecule has 0 bridgehead atoms. The van der Waals surface area contributed by atoms with Crippen molar-refractivity contribution in [1.29, 1.82) is 0 Å². The molecule has 21 heavy (non-hydrogen) atoms. The molecule has 1 atom stereocenters. The Morgan fingerprint density at radius 1 is 1.33 bits per heavy atom. The number of pyridine rings is 1. The third kappa shape index (κ3) is 3.18. The van der Waals surface area contributed by atoms with Gasteiger partial charge in [-0.1, -0.05) is 18.2 Å². The molecule has 1 heterocycles. The summed E-state index contributed by atoms with van der Waals surface area (Å²) in [6.45, 7) is 1.90. The maximum Gasteiger partial charge on any atom is 0.254 e. The Morgan fingerprint density at radius 3 is 2.71 bits per heavy atom. The van der Waals surface area contributed by atoms with Gasteiger partial charge in [0.2, 0.25) is 5.95 Å². The normalized spacial score (nSPS) is 11.8. The van der Waals surface area contributed by atoms with Crippen LogP contribution in [0.25, 0.3) is 0 Å². The molecule has 0 aliphatic rings. The number of aromatic nitrogens is 1. The highest BCUT2D eigenvalue weighted by Gasteiger charge is 2.21. The van der Waals surface area contributed by atoms with Crippen molar-refractivity contribution >= 4 is 5.91 Å². The largest absolute Gasteiger partial charge is 0.496 e. The lowest BCUT2D eigenvalue weighted by atomic mass is 10.1. The Morgan fingerprint density at radius 2 is 2.05 bits per heavy atom. The summed E-state index contributed by atoms with van der Waals surface area (Å²) >= 11 is 0. The molecule has 110 valence electrons. The molecule has 2 rings (SSSR count). The zero-order valence-electron chi connectivity index (χ0n) is 12.2. The Labute approximate surface area is 123 Å². The van der Waals surface area contributed by atoms with Crippen molar-refractivity contribution in [2.24, 2.45) is 0 Å². The smallest absolute Gasteiger partial charge is 0.254 e. The number of benzene rings is 1. The first-order valence-electron chi connectivity index (χ1n) is 6.56. The minimum atomic E-state index is -0.667. The molecule has 0 aliphatic heterocycles. The zero-order chi connectivity index (χ0) is 15.4. The van der Waals surface area contributed by atoms with Crippen molar-refractivity contribution in [3.8, 4) is 5.75 Å². The van der Waals surface area contributed by atoms with Gasteiger partial charge in [-0.15, -0.1) is 0 Å². The molecule has 5 heteroatoms. The number of carbonyl (C=O) groups excluding carboxylic acids is 1. The highest BCUT2D eigenvalue weighted by molar-refractivity contribution is 5.94. The van der Waals surface area contributed by atoms with E-state index < -0.39 is 5.95 Å². The standard InChI is InChI=1S/C16H17FN2O2/c1-11(13-6-4-5-7-14(13)21-3)19(2)16(20)12-8-9-18-15(17)10-12/h4-11H,1-3H3. The van der Waals surface area contributed by atoms with Crippen LogP contribution in [0.4, 0.5) is 4.39 Å². The molecule has 0 saturated heterocycles. The summed E-state index contributed by atoms with van der Waals surface area (Å²) in [6.07, 6.45) is 1.28. The van der Waals surface area contributed by atoms with Gasteiger partial charge in [0.05, 0.1) is 13.2 Å². The van der Waals surface area contributed by atoms with Crippen molar-refractivity contribution in [1.82, 2.24) is 9.88 Å². The van der Waals surface area contributed by atoms with E-state index in [4.69, 9.17) is 4.74 Å². The Balaban J connectivity index is 2.26. The second kappa shape index (κ2) is 6.35. The van der Waals surface area contributed by atoms with E-state index in [1.165, 1.54) is 12.3 Å². The SMILES string of the molecule is COc1ccccc1C(C)N(C)C(=O)c1ccnc(F)c1. The van der Waals surface area contributed by atoms with E-state index in [9.17, 15) is 9.18 Å². The minimum absolute atomic E-state index is 0.204. The van der Waals surface area contributed by atoms with Gasteiger partial charge in [-0.2, -0.15) is 4.39 Å². The van der Waals surface area contributed by atoms with E-state index in [2.05, 4.69) is 4.98 Å². The zero-order valence-corrected chi connectivity index (χ0v) is 12.2. The second-order valence-corrected chi connectivity index (χ2v) is 4.70. The molecule has 1 aromatic carbocycles. The van der Waals surface area contributed by atoms with E-state index in [-0.39, 0.29) is 17.5 Å². The van der Waals surface area contributed by atoms with E-state index in [1.54, 1.807) is 19.1 Å². The monoisotopic (exact) mass is 288 g/mol. The molecule has 1 aromatic heterocycles. The van der Waals surface area contributed by atoms with Crippen LogP contribution < -0.4 is 4.74 Å². The molecular weight excluding hydrogens is 271 g/mol. The fraction of sp³-hybridized carbons (Fsp3) is 0.250. The number of ether oxygens (including phenoxy) is 1. The summed E-state index contributed by atoms with van der Waals surface area (Å²) in [7, 11) is 3.27. The minimum Gasteiger partial charge on any atom is -0.496 e. The van der Waals surface area contributed by atoms with Gasteiger partial charge < -0.3 is 9.64 Å². The number of nitrogens with zero attached hydrogens (tertiary/aromatic N) is 2. The lowest BCUT2D eigenvalue weighted by molar-refractivity contribution is 0.0740. The molecule has 0 fully saturated rings. The quantitative estimate of drug-likeness (QED) is 0.812. The third-order valence-electron chi connectivity index (χ3n) is 3.46. The Bertz CT molecular complexity index is 646. The molecule has 4 nitrogen and oxygen atoms in total. The number of methoxy groups -OCH3 is 1. The highest BCUT2D eigenvalue weighted by atomic mass is 19.1. The van der Waals surface area contributed by atoms with E-state index in [1.807, 2.05) is 31.2 Å². The van der Waals surface area contributed by atoms with Crippen LogP contribution in [0, 0.1) is 5.95 Å². The van der Waals surface area contributed by atoms with Gasteiger partial charge in [-0.3, -0.25) is 4.79 Å². The molecule has 0 saturated carbocycles. The fourth-order valence-electron chi connectivity index (χ4n) is 2.14. The lowest BCUT2D eigenvalue weighted by Gasteiger charge is -2.26. The molecule has 0 aliphatic carbocycles. The topological polar surface area (TPSA) is 42.4 Å². The molecule has 2 aromatic rings. The Kier molecular flexibility index (Phi) is 4.52. The van der Waals surface area contributed by atoms with E-state index in [0.29, 0.717) is 5.75 Å². The van der Waals surface area contributed by atoms with Crippen molar-refractivity contribution < 1.29 is 13.9 Å². The van der Waals surface area contributed by atoms with Gasteiger partial charge in [0, 0.05) is 30.4 Å². The molecule has 0 spiro atoms. The number of rotatable bonds is 4. The van der Waals surface area contributed by atoms with Crippen LogP contribution in [-0.2, 0) is 0 Å². The number of hydrogen-bond donors (Lipinski definition) is 0. The van der Waals surface area contributed by atoms with Gasteiger partial charge >= 0.3 is 0 Å². The van der Waals surface area contributed by atoms with Crippen molar-refractivity contribution in [2.45, 2.75) is 13.0 Å². The van der Waals surface area contributed by atoms with Gasteiger partial charge in [0.15, 0.2) is 0 Å². The number of hydrogen-bond acceptors (Lipinski definition) is 3. The van der Waals surface area contributed by atoms with Crippen LogP contribution in [0.15, 0.2) is 42.6 Å². The molecule has 0 radical (unpaired) electrons. The third-order valence-corrected chi connectivity index (χ3v) is 3.46. The summed E-state index contributed by atoms with van der Waals surface area (Å²) in [5.41, 5.74) is 1.16. The van der Waals surface area contributed by atoms with Crippen LogP contribution in [0.1, 0.15) is 28.9 Å². The maximum absolute atomic E-state index is 13.1. The van der Waals surface area contributed by atoms with Crippen LogP contribution in [-0.4, -0.2) is 29.9 Å². The van der Waals surface area contributed by atoms with Gasteiger partial charge in [-0.25, -0.2) is 4.98 Å². The van der Waals surface area contributed by atoms with E-state index >= 15 is 0 Å². The fourth-order valence-corrected chi connectivity index (χ4v) is 2.14. The summed E-state index contributed by atoms with van der Waals surface area (Å²) in [4.78, 5) is 17.4. The van der Waals surface area contributed by atoms with Crippen molar-refractivity contribution in [2.75, 3.05) is 14.2 Å². The predicted octanol–water partition coefficient (Wildman–Crippen LogP) is 3.06. The lowest BCUT2D eigenvalue weighted by Crippen LogP contribution is -2.30. The second-order valence-electron chi connectivity index (χ2n) is 4.70. The van der Waals surface area contributed by atoms with Crippen LogP contribution in [0.3, 0.4) is 0 Å². The first-order chi connectivity index (χ1) is 10.0. The molecule has 1 amide bonds. The summed E-state index contributed by atoms with van der Waals surface area (Å²) < 4.78 is 18.4. The number of carbonyl (C=O) groups is 1. The van der Waals surface area contributed by atoms with Crippen LogP contribution in [0.5, 0.6) is 5.75 Å². The van der Waals surface area contributed by atoms with Crippen LogP contribution >= 0.6 is 0 Å². The van der Waals surface area contributed by atoms with Crippen molar-refractivity contribution in [3.05, 3.63) is 59.7 Å². The average molecular weight is 288 g/mol. The summed E-state index contributed by atoms with van der Waals surface area (Å²) in [5.74, 6) is -0.223. The maximum atomic E-state index is 13.1. The first-order valence-corrected chi connectivity index (χ1v) is 6.56. The van der Waals surface area contributed by atoms with Crippen LogP contribution in [0.2, 0.25) is 0 Å². The molecular formula is C16H17FN2O2. The van der Waals surface area contributed by atoms with Gasteiger partial charge in [0.1, 0.15) is 5.75 Å². The highest BCUT2D eigenvalue weighted by Crippen LogP contribution is 2.28. The van der Waals surface area contributed by atoms with E-state index in [0.717, 1.165) is 11.6 Å². The number of amides is 1. The van der Waals surface area contributed by atoms with Gasteiger partial charge in [-0.05, 0) is 19.1 Å². The number of halogens is 1. The Hall–Kier alpha value is -2.43.